The average Bonchev–Trinajstić information content (AvgIpc) is 3.41. The molecule has 1 heterocycles. The highest BCUT2D eigenvalue weighted by Gasteiger charge is 2.41. The molecule has 0 aliphatic carbocycles. The second kappa shape index (κ2) is 11.8. The van der Waals surface area contributed by atoms with E-state index in [-0.39, 0.29) is 5.78 Å². The molecule has 6 rings (SSSR count). The van der Waals surface area contributed by atoms with Gasteiger partial charge in [0.1, 0.15) is 12.4 Å². The number of carbonyl (C=O) groups is 1. The van der Waals surface area contributed by atoms with Gasteiger partial charge in [0.25, 0.3) is 0 Å². The molecule has 6 nitrogen and oxygen atoms in total. The number of ether oxygens (including phenoxy) is 1. The van der Waals surface area contributed by atoms with E-state index in [0.29, 0.717) is 23.2 Å². The summed E-state index contributed by atoms with van der Waals surface area (Å²) in [6, 6.07) is 36.4. The molecular weight excluding hydrogens is 556 g/mol. The first kappa shape index (κ1) is 28.3. The van der Waals surface area contributed by atoms with Gasteiger partial charge in [0.15, 0.2) is 17.8 Å². The topological polar surface area (TPSA) is 48.4 Å². The number of fused-ring (bicyclic) bond motifs is 1. The molecule has 0 N–H and O–H groups in total. The van der Waals surface area contributed by atoms with Crippen molar-refractivity contribution in [1.82, 2.24) is 0 Å². The maximum absolute atomic E-state index is 13.3. The maximum atomic E-state index is 13.3. The molecule has 1 aliphatic heterocycles. The Labute approximate surface area is 257 Å². The minimum absolute atomic E-state index is 0.125. The van der Waals surface area contributed by atoms with Crippen LogP contribution in [0.25, 0.3) is 10.8 Å². The zero-order valence-electron chi connectivity index (χ0n) is 24.7. The smallest absolute Gasteiger partial charge is 0.198 e. The Bertz CT molecular complexity index is 1800. The Hall–Kier alpha value is -4.81. The van der Waals surface area contributed by atoms with Crippen molar-refractivity contribution < 1.29 is 9.53 Å². The van der Waals surface area contributed by atoms with Gasteiger partial charge in [0.2, 0.25) is 0 Å². The van der Waals surface area contributed by atoms with Crippen molar-refractivity contribution in [3.63, 3.8) is 0 Å². The highest BCUT2D eigenvalue weighted by molar-refractivity contribution is 6.44. The highest BCUT2D eigenvalue weighted by atomic mass is 35.5. The molecule has 1 aliphatic rings. The molecule has 0 fully saturated rings. The van der Waals surface area contributed by atoms with E-state index in [4.69, 9.17) is 21.4 Å². The zero-order valence-corrected chi connectivity index (χ0v) is 25.4. The van der Waals surface area contributed by atoms with Crippen LogP contribution in [-0.4, -0.2) is 25.7 Å². The molecule has 5 aromatic rings. The number of aryl methyl sites for hydroxylation is 1. The van der Waals surface area contributed by atoms with E-state index < -0.39 is 6.17 Å². The van der Waals surface area contributed by atoms with Gasteiger partial charge in [0.05, 0.1) is 5.69 Å². The minimum Gasteiger partial charge on any atom is -0.488 e. The fourth-order valence-corrected chi connectivity index (χ4v) is 5.53. The molecule has 0 spiro atoms. The number of benzene rings is 5. The van der Waals surface area contributed by atoms with Gasteiger partial charge in [-0.15, -0.1) is 5.10 Å². The van der Waals surface area contributed by atoms with E-state index in [2.05, 4.69) is 54.3 Å². The number of amidine groups is 1. The fraction of sp³-hybridized carbons (Fsp3) is 0.167. The van der Waals surface area contributed by atoms with Gasteiger partial charge in [-0.3, -0.25) is 9.69 Å². The molecule has 0 bridgehead atoms. The lowest BCUT2D eigenvalue weighted by molar-refractivity contribution is -0.111. The Morgan fingerprint density at radius 2 is 1.53 bits per heavy atom. The number of rotatable bonds is 8. The van der Waals surface area contributed by atoms with Gasteiger partial charge < -0.3 is 9.64 Å². The third-order valence-corrected chi connectivity index (χ3v) is 7.91. The number of hydrazone groups is 1. The largest absolute Gasteiger partial charge is 0.488 e. The van der Waals surface area contributed by atoms with Crippen LogP contribution in [0.5, 0.6) is 5.75 Å². The van der Waals surface area contributed by atoms with Crippen molar-refractivity contribution in [1.29, 1.82) is 0 Å². The van der Waals surface area contributed by atoms with Crippen LogP contribution in [0.1, 0.15) is 29.8 Å². The van der Waals surface area contributed by atoms with Crippen LogP contribution in [0.15, 0.2) is 114 Å². The number of carbonyl (C=O) groups excluding carboxylic acids is 1. The Kier molecular flexibility index (Phi) is 7.78. The van der Waals surface area contributed by atoms with Crippen LogP contribution in [0.2, 0.25) is 5.02 Å². The summed E-state index contributed by atoms with van der Waals surface area (Å²) in [7, 11) is 4.02. The molecule has 0 saturated heterocycles. The van der Waals surface area contributed by atoms with E-state index in [1.54, 1.807) is 6.92 Å². The summed E-state index contributed by atoms with van der Waals surface area (Å²) in [5.41, 5.74) is 5.86. The summed E-state index contributed by atoms with van der Waals surface area (Å²) >= 11 is 6.14. The number of Topliss-reactive ketones (excluding diaryl/α,β-unsaturated/α-hetero) is 1. The van der Waals surface area contributed by atoms with Gasteiger partial charge in [-0.05, 0) is 77.9 Å². The lowest BCUT2D eigenvalue weighted by Gasteiger charge is -2.34. The number of anilines is 3. The Morgan fingerprint density at radius 1 is 0.860 bits per heavy atom. The van der Waals surface area contributed by atoms with Crippen LogP contribution < -0.4 is 19.5 Å². The summed E-state index contributed by atoms with van der Waals surface area (Å²) in [6.45, 7) is 3.98. The summed E-state index contributed by atoms with van der Waals surface area (Å²) in [6.07, 6.45) is -0.502. The monoisotopic (exact) mass is 588 g/mol. The molecule has 0 amide bonds. The summed E-state index contributed by atoms with van der Waals surface area (Å²) < 4.78 is 6.58. The number of halogens is 1. The third-order valence-electron chi connectivity index (χ3n) is 7.66. The molecular formula is C36H33ClN4O2. The normalized spacial score (nSPS) is 14.6. The Morgan fingerprint density at radius 3 is 2.21 bits per heavy atom. The summed E-state index contributed by atoms with van der Waals surface area (Å²) in [4.78, 5) is 17.3. The molecule has 0 unspecified atom stereocenters. The number of hydrogen-bond donors (Lipinski definition) is 0. The predicted octanol–water partition coefficient (Wildman–Crippen LogP) is 8.37. The molecule has 1 atom stereocenters. The molecule has 0 saturated carbocycles. The average molecular weight is 589 g/mol. The summed E-state index contributed by atoms with van der Waals surface area (Å²) in [5, 5.41) is 9.69. The van der Waals surface area contributed by atoms with Gasteiger partial charge in [-0.2, -0.15) is 0 Å². The van der Waals surface area contributed by atoms with E-state index in [1.807, 2.05) is 90.7 Å². The van der Waals surface area contributed by atoms with Crippen molar-refractivity contribution in [2.24, 2.45) is 5.10 Å². The number of nitrogens with zero attached hydrogens (tertiary/aromatic N) is 4. The highest BCUT2D eigenvalue weighted by Crippen LogP contribution is 2.45. The standard InChI is InChI=1S/C36H33ClN4O2/c1-24-9-16-31(17-10-24)41-36(40(35(38-41)25(2)42)30-20-18-29(19-21-30)39(3)4)34-32-8-6-5-7-27(32)13-22-33(34)43-23-26-11-14-28(37)15-12-26/h5-22,36H,23H2,1-4H3/t36-/m0/s1. The van der Waals surface area contributed by atoms with Gasteiger partial charge in [-0.1, -0.05) is 71.8 Å². The summed E-state index contributed by atoms with van der Waals surface area (Å²) in [5.74, 6) is 0.950. The quantitative estimate of drug-likeness (QED) is 0.182. The van der Waals surface area contributed by atoms with Crippen molar-refractivity contribution in [3.8, 4) is 5.75 Å². The van der Waals surface area contributed by atoms with Gasteiger partial charge >= 0.3 is 0 Å². The maximum Gasteiger partial charge on any atom is 0.198 e. The van der Waals surface area contributed by atoms with Crippen molar-refractivity contribution >= 4 is 51.1 Å². The van der Waals surface area contributed by atoms with Crippen LogP contribution in [-0.2, 0) is 11.4 Å². The number of hydrogen-bond acceptors (Lipinski definition) is 6. The second-order valence-electron chi connectivity index (χ2n) is 10.9. The van der Waals surface area contributed by atoms with Crippen LogP contribution in [0.4, 0.5) is 17.1 Å². The first-order valence-corrected chi connectivity index (χ1v) is 14.6. The lowest BCUT2D eigenvalue weighted by Crippen LogP contribution is -2.38. The van der Waals surface area contributed by atoms with E-state index in [9.17, 15) is 4.79 Å². The minimum atomic E-state index is -0.502. The molecule has 216 valence electrons. The molecule has 0 aromatic heterocycles. The van der Waals surface area contributed by atoms with E-state index in [1.165, 1.54) is 0 Å². The van der Waals surface area contributed by atoms with Gasteiger partial charge in [-0.25, -0.2) is 5.01 Å². The van der Waals surface area contributed by atoms with Crippen LogP contribution >= 0.6 is 11.6 Å². The van der Waals surface area contributed by atoms with Crippen molar-refractivity contribution in [3.05, 3.63) is 131 Å². The molecule has 5 aromatic carbocycles. The third kappa shape index (κ3) is 5.66. The first-order chi connectivity index (χ1) is 20.8. The second-order valence-corrected chi connectivity index (χ2v) is 11.4. The van der Waals surface area contributed by atoms with E-state index >= 15 is 0 Å². The molecule has 43 heavy (non-hydrogen) atoms. The van der Waals surface area contributed by atoms with Crippen LogP contribution in [0.3, 0.4) is 0 Å². The van der Waals surface area contributed by atoms with E-state index in [0.717, 1.165) is 44.5 Å². The molecule has 7 heteroatoms. The Balaban J connectivity index is 1.56. The van der Waals surface area contributed by atoms with Crippen LogP contribution in [0, 0.1) is 6.92 Å². The zero-order chi connectivity index (χ0) is 30.1. The predicted molar refractivity (Wildman–Crippen MR) is 177 cm³/mol. The number of ketones is 1. The molecule has 0 radical (unpaired) electrons. The lowest BCUT2D eigenvalue weighted by atomic mass is 9.99. The SMILES string of the molecule is CC(=O)C1=NN(c2ccc(C)cc2)[C@@H](c2c(OCc3ccc(Cl)cc3)ccc3ccccc23)N1c1ccc(N(C)C)cc1. The first-order valence-electron chi connectivity index (χ1n) is 14.2. The van der Waals surface area contributed by atoms with Crippen molar-refractivity contribution in [2.45, 2.75) is 26.6 Å². The van der Waals surface area contributed by atoms with Crippen molar-refractivity contribution in [2.75, 3.05) is 28.9 Å². The van der Waals surface area contributed by atoms with Gasteiger partial charge in [0, 0.05) is 43.0 Å². The fourth-order valence-electron chi connectivity index (χ4n) is 5.40.